The number of nitrogens with zero attached hydrogens (tertiary/aromatic N) is 2. The topological polar surface area (TPSA) is 64.1 Å². The van der Waals surface area contributed by atoms with Crippen LogP contribution in [0.15, 0.2) is 30.5 Å². The summed E-state index contributed by atoms with van der Waals surface area (Å²) in [6, 6.07) is 6.25. The van der Waals surface area contributed by atoms with E-state index in [0.717, 1.165) is 5.56 Å². The minimum Gasteiger partial charge on any atom is -0.391 e. The van der Waals surface area contributed by atoms with E-state index >= 15 is 0 Å². The molecule has 1 heterocycles. The minimum absolute atomic E-state index is 0.144. The van der Waals surface area contributed by atoms with Crippen molar-refractivity contribution in [3.63, 3.8) is 0 Å². The molecule has 16 heavy (non-hydrogen) atoms. The van der Waals surface area contributed by atoms with Gasteiger partial charge in [0.15, 0.2) is 0 Å². The van der Waals surface area contributed by atoms with E-state index in [1.165, 1.54) is 23.0 Å². The Bertz CT molecular complexity index is 496. The number of rotatable bonds is 3. The van der Waals surface area contributed by atoms with Crippen molar-refractivity contribution >= 4 is 5.82 Å². The predicted octanol–water partition coefficient (Wildman–Crippen LogP) is 1.15. The van der Waals surface area contributed by atoms with E-state index < -0.39 is 0 Å². The maximum atomic E-state index is 12.9. The van der Waals surface area contributed by atoms with Crippen molar-refractivity contribution < 1.29 is 9.50 Å². The summed E-state index contributed by atoms with van der Waals surface area (Å²) in [6.07, 6.45) is 1.51. The van der Waals surface area contributed by atoms with Crippen molar-refractivity contribution in [3.8, 4) is 0 Å². The van der Waals surface area contributed by atoms with Gasteiger partial charge in [-0.15, -0.1) is 0 Å². The predicted molar refractivity (Wildman–Crippen MR) is 58.1 cm³/mol. The number of anilines is 1. The quantitative estimate of drug-likeness (QED) is 0.817. The molecule has 0 atom stereocenters. The highest BCUT2D eigenvalue weighted by molar-refractivity contribution is 5.38. The Hall–Kier alpha value is -1.88. The average molecular weight is 221 g/mol. The van der Waals surface area contributed by atoms with Gasteiger partial charge in [0.25, 0.3) is 0 Å². The van der Waals surface area contributed by atoms with Crippen LogP contribution in [0.5, 0.6) is 0 Å². The number of aliphatic hydroxyl groups is 1. The van der Waals surface area contributed by atoms with Gasteiger partial charge in [-0.2, -0.15) is 5.10 Å². The first-order valence-corrected chi connectivity index (χ1v) is 4.86. The zero-order chi connectivity index (χ0) is 11.5. The fraction of sp³-hybridized carbons (Fsp3) is 0.182. The summed E-state index contributed by atoms with van der Waals surface area (Å²) >= 11 is 0. The number of benzene rings is 1. The number of hydrogen-bond acceptors (Lipinski definition) is 3. The normalized spacial score (nSPS) is 10.6. The van der Waals surface area contributed by atoms with Crippen LogP contribution >= 0.6 is 0 Å². The Balaban J connectivity index is 2.24. The fourth-order valence-electron chi connectivity index (χ4n) is 1.49. The third-order valence-electron chi connectivity index (χ3n) is 2.35. The molecule has 2 rings (SSSR count). The first-order chi connectivity index (χ1) is 7.70. The molecule has 4 nitrogen and oxygen atoms in total. The van der Waals surface area contributed by atoms with E-state index in [1.807, 2.05) is 0 Å². The summed E-state index contributed by atoms with van der Waals surface area (Å²) in [5, 5.41) is 13.0. The number of halogens is 1. The van der Waals surface area contributed by atoms with Crippen molar-refractivity contribution in [3.05, 3.63) is 47.4 Å². The fourth-order valence-corrected chi connectivity index (χ4v) is 1.49. The van der Waals surface area contributed by atoms with Gasteiger partial charge in [0, 0.05) is 5.56 Å². The lowest BCUT2D eigenvalue weighted by atomic mass is 10.2. The zero-order valence-electron chi connectivity index (χ0n) is 8.60. The van der Waals surface area contributed by atoms with Crippen LogP contribution in [-0.4, -0.2) is 14.9 Å². The molecule has 0 aliphatic carbocycles. The number of aromatic nitrogens is 2. The molecule has 0 bridgehead atoms. The molecule has 0 unspecified atom stereocenters. The zero-order valence-corrected chi connectivity index (χ0v) is 8.60. The number of aliphatic hydroxyl groups excluding tert-OH is 1. The average Bonchev–Trinajstić information content (AvgIpc) is 2.60. The first-order valence-electron chi connectivity index (χ1n) is 4.86. The van der Waals surface area contributed by atoms with Gasteiger partial charge in [0.05, 0.1) is 19.3 Å². The first kappa shape index (κ1) is 10.6. The van der Waals surface area contributed by atoms with E-state index in [1.54, 1.807) is 12.1 Å². The van der Waals surface area contributed by atoms with Crippen LogP contribution in [0.4, 0.5) is 10.2 Å². The number of nitrogens with two attached hydrogens (primary N) is 1. The molecule has 2 aromatic rings. The largest absolute Gasteiger partial charge is 0.391 e. The van der Waals surface area contributed by atoms with Crippen molar-refractivity contribution in [2.75, 3.05) is 5.73 Å². The molecule has 3 N–H and O–H groups in total. The molecular formula is C11H12FN3O. The van der Waals surface area contributed by atoms with Gasteiger partial charge in [-0.3, -0.25) is 0 Å². The number of nitrogen functional groups attached to an aromatic ring is 1. The van der Waals surface area contributed by atoms with Crippen LogP contribution in [0.2, 0.25) is 0 Å². The van der Waals surface area contributed by atoms with Crippen molar-refractivity contribution in [1.29, 1.82) is 0 Å². The van der Waals surface area contributed by atoms with E-state index in [2.05, 4.69) is 5.10 Å². The summed E-state index contributed by atoms with van der Waals surface area (Å²) in [6.45, 7) is 0.249. The molecule has 1 aromatic carbocycles. The molecule has 0 spiro atoms. The third kappa shape index (κ3) is 2.04. The van der Waals surface area contributed by atoms with E-state index in [0.29, 0.717) is 17.9 Å². The summed E-state index contributed by atoms with van der Waals surface area (Å²) < 4.78 is 14.5. The second-order valence-electron chi connectivity index (χ2n) is 3.50. The van der Waals surface area contributed by atoms with Crippen LogP contribution in [0.3, 0.4) is 0 Å². The Morgan fingerprint density at radius 2 is 2.25 bits per heavy atom. The standard InChI is InChI=1S/C11H12FN3O/c12-10-3-1-2-8(4-10)6-15-11(13)9(7-16)5-14-15/h1-5,16H,6-7,13H2. The maximum absolute atomic E-state index is 12.9. The molecule has 0 radical (unpaired) electrons. The molecule has 0 saturated heterocycles. The van der Waals surface area contributed by atoms with Gasteiger partial charge in [-0.05, 0) is 17.7 Å². The van der Waals surface area contributed by atoms with Gasteiger partial charge < -0.3 is 10.8 Å². The SMILES string of the molecule is Nc1c(CO)cnn1Cc1cccc(F)c1. The molecule has 84 valence electrons. The van der Waals surface area contributed by atoms with E-state index in [4.69, 9.17) is 10.8 Å². The van der Waals surface area contributed by atoms with Gasteiger partial charge in [0.2, 0.25) is 0 Å². The van der Waals surface area contributed by atoms with Crippen LogP contribution < -0.4 is 5.73 Å². The molecule has 0 aliphatic rings. The van der Waals surface area contributed by atoms with Gasteiger partial charge >= 0.3 is 0 Å². The summed E-state index contributed by atoms with van der Waals surface area (Å²) in [5.41, 5.74) is 7.10. The van der Waals surface area contributed by atoms with Crippen LogP contribution in [-0.2, 0) is 13.2 Å². The van der Waals surface area contributed by atoms with Gasteiger partial charge in [-0.25, -0.2) is 9.07 Å². The monoisotopic (exact) mass is 221 g/mol. The Morgan fingerprint density at radius 1 is 1.44 bits per heavy atom. The molecule has 0 fully saturated rings. The lowest BCUT2D eigenvalue weighted by Crippen LogP contribution is -2.06. The molecule has 0 amide bonds. The smallest absolute Gasteiger partial charge is 0.127 e. The molecule has 0 saturated carbocycles. The lowest BCUT2D eigenvalue weighted by molar-refractivity contribution is 0.282. The Labute approximate surface area is 92.1 Å². The van der Waals surface area contributed by atoms with Gasteiger partial charge in [-0.1, -0.05) is 12.1 Å². The Morgan fingerprint density at radius 3 is 2.88 bits per heavy atom. The summed E-state index contributed by atoms with van der Waals surface area (Å²) in [4.78, 5) is 0. The molecule has 1 aromatic heterocycles. The second-order valence-corrected chi connectivity index (χ2v) is 3.50. The third-order valence-corrected chi connectivity index (χ3v) is 2.35. The molecule has 0 aliphatic heterocycles. The van der Waals surface area contributed by atoms with E-state index in [9.17, 15) is 4.39 Å². The second kappa shape index (κ2) is 4.32. The lowest BCUT2D eigenvalue weighted by Gasteiger charge is -2.05. The molecular weight excluding hydrogens is 209 g/mol. The maximum Gasteiger partial charge on any atom is 0.127 e. The van der Waals surface area contributed by atoms with Crippen LogP contribution in [0.1, 0.15) is 11.1 Å². The highest BCUT2D eigenvalue weighted by Crippen LogP contribution is 2.13. The van der Waals surface area contributed by atoms with Crippen LogP contribution in [0.25, 0.3) is 0 Å². The highest BCUT2D eigenvalue weighted by atomic mass is 19.1. The van der Waals surface area contributed by atoms with Crippen molar-refractivity contribution in [2.24, 2.45) is 0 Å². The van der Waals surface area contributed by atoms with E-state index in [-0.39, 0.29) is 12.4 Å². The van der Waals surface area contributed by atoms with Crippen molar-refractivity contribution in [1.82, 2.24) is 9.78 Å². The molecule has 5 heteroatoms. The summed E-state index contributed by atoms with van der Waals surface area (Å²) in [5.74, 6) is 0.123. The Kier molecular flexibility index (Phi) is 2.87. The highest BCUT2D eigenvalue weighted by Gasteiger charge is 2.06. The minimum atomic E-state index is -0.286. The van der Waals surface area contributed by atoms with Crippen molar-refractivity contribution in [2.45, 2.75) is 13.2 Å². The summed E-state index contributed by atoms with van der Waals surface area (Å²) in [7, 11) is 0. The van der Waals surface area contributed by atoms with Crippen LogP contribution in [0, 0.1) is 5.82 Å². The van der Waals surface area contributed by atoms with Gasteiger partial charge in [0.1, 0.15) is 11.6 Å². The number of hydrogen-bond donors (Lipinski definition) is 2.